The Kier molecular flexibility index (Phi) is 4.46. The Hall–Kier alpha value is -1.38. The maximum atomic E-state index is 12.9. The lowest BCUT2D eigenvalue weighted by atomic mass is 9.69. The van der Waals surface area contributed by atoms with Crippen LogP contribution in [-0.2, 0) is 4.79 Å². The van der Waals surface area contributed by atoms with Crippen LogP contribution in [-0.4, -0.2) is 23.7 Å². The number of hydrogen-bond acceptors (Lipinski definition) is 2. The van der Waals surface area contributed by atoms with Gasteiger partial charge in [-0.05, 0) is 53.6 Å². The summed E-state index contributed by atoms with van der Waals surface area (Å²) in [5.74, 6) is -1.25. The number of carbonyl (C=O) groups excluding carboxylic acids is 1. The molecule has 0 saturated heterocycles. The van der Waals surface area contributed by atoms with E-state index in [1.165, 1.54) is 18.2 Å². The van der Waals surface area contributed by atoms with Crippen molar-refractivity contribution in [2.75, 3.05) is 11.9 Å². The van der Waals surface area contributed by atoms with Gasteiger partial charge in [-0.2, -0.15) is 0 Å². The molecular weight excluding hydrogens is 378 g/mol. The van der Waals surface area contributed by atoms with Crippen LogP contribution in [0.25, 0.3) is 0 Å². The van der Waals surface area contributed by atoms with Gasteiger partial charge in [0.1, 0.15) is 5.82 Å². The summed E-state index contributed by atoms with van der Waals surface area (Å²) in [6.45, 7) is 0.103. The molecule has 0 bridgehead atoms. The number of urea groups is 1. The van der Waals surface area contributed by atoms with Gasteiger partial charge in [0.2, 0.25) is 0 Å². The third-order valence-electron chi connectivity index (χ3n) is 3.53. The highest BCUT2D eigenvalue weighted by atomic mass is 127. The van der Waals surface area contributed by atoms with E-state index in [0.29, 0.717) is 22.1 Å². The van der Waals surface area contributed by atoms with Crippen LogP contribution < -0.4 is 10.6 Å². The Morgan fingerprint density at radius 3 is 2.60 bits per heavy atom. The van der Waals surface area contributed by atoms with Crippen molar-refractivity contribution in [1.29, 1.82) is 0 Å². The number of carboxylic acid groups (broad SMARTS) is 1. The van der Waals surface area contributed by atoms with Gasteiger partial charge in [0.05, 0.1) is 11.1 Å². The molecule has 0 atom stereocenters. The average Bonchev–Trinajstić information content (AvgIpc) is 2.31. The third-order valence-corrected chi connectivity index (χ3v) is 4.42. The Morgan fingerprint density at radius 1 is 1.40 bits per heavy atom. The standard InChI is InChI=1S/C13H14FIN2O3/c14-8-2-3-10(9(15)6-8)17-12(20)16-7-13(11(18)19)4-1-5-13/h2-3,6H,1,4-5,7H2,(H,18,19)(H2,16,17,20). The lowest BCUT2D eigenvalue weighted by molar-refractivity contribution is -0.153. The molecule has 7 heteroatoms. The van der Waals surface area contributed by atoms with E-state index in [1.807, 2.05) is 22.6 Å². The zero-order valence-electron chi connectivity index (χ0n) is 10.6. The minimum atomic E-state index is -0.875. The molecule has 20 heavy (non-hydrogen) atoms. The zero-order chi connectivity index (χ0) is 14.8. The summed E-state index contributed by atoms with van der Waals surface area (Å²) < 4.78 is 13.5. The average molecular weight is 392 g/mol. The van der Waals surface area contributed by atoms with Crippen molar-refractivity contribution in [2.24, 2.45) is 5.41 Å². The molecule has 1 aromatic rings. The smallest absolute Gasteiger partial charge is 0.319 e. The Labute approximate surface area is 129 Å². The molecule has 0 unspecified atom stereocenters. The normalized spacial score (nSPS) is 16.1. The van der Waals surface area contributed by atoms with E-state index in [2.05, 4.69) is 10.6 Å². The number of benzene rings is 1. The van der Waals surface area contributed by atoms with Crippen molar-refractivity contribution < 1.29 is 19.1 Å². The molecule has 0 heterocycles. The van der Waals surface area contributed by atoms with Gasteiger partial charge in [0.15, 0.2) is 0 Å². The van der Waals surface area contributed by atoms with Crippen molar-refractivity contribution in [3.8, 4) is 0 Å². The molecule has 1 fully saturated rings. The number of carboxylic acids is 1. The second-order valence-corrected chi connectivity index (χ2v) is 6.03. The minimum absolute atomic E-state index is 0.103. The molecule has 2 rings (SSSR count). The fourth-order valence-corrected chi connectivity index (χ4v) is 2.69. The maximum Gasteiger partial charge on any atom is 0.319 e. The van der Waals surface area contributed by atoms with Gasteiger partial charge in [0.25, 0.3) is 0 Å². The first kappa shape index (κ1) is 15.0. The molecule has 1 aliphatic rings. The Balaban J connectivity index is 1.91. The molecule has 5 nitrogen and oxygen atoms in total. The highest BCUT2D eigenvalue weighted by Gasteiger charge is 2.44. The highest BCUT2D eigenvalue weighted by molar-refractivity contribution is 14.1. The van der Waals surface area contributed by atoms with Gasteiger partial charge < -0.3 is 15.7 Å². The number of rotatable bonds is 4. The number of amides is 2. The van der Waals surface area contributed by atoms with Crippen molar-refractivity contribution in [3.63, 3.8) is 0 Å². The SMILES string of the molecule is O=C(NCC1(C(=O)O)CCC1)Nc1ccc(F)cc1I. The fraction of sp³-hybridized carbons (Fsp3) is 0.385. The van der Waals surface area contributed by atoms with Crippen LogP contribution in [0.2, 0.25) is 0 Å². The van der Waals surface area contributed by atoms with E-state index in [4.69, 9.17) is 5.11 Å². The second kappa shape index (κ2) is 5.94. The van der Waals surface area contributed by atoms with E-state index in [-0.39, 0.29) is 12.4 Å². The van der Waals surface area contributed by atoms with Gasteiger partial charge in [-0.1, -0.05) is 6.42 Å². The monoisotopic (exact) mass is 392 g/mol. The summed E-state index contributed by atoms with van der Waals surface area (Å²) in [6.07, 6.45) is 2.03. The van der Waals surface area contributed by atoms with E-state index in [9.17, 15) is 14.0 Å². The lowest BCUT2D eigenvalue weighted by Crippen LogP contribution is -2.48. The lowest BCUT2D eigenvalue weighted by Gasteiger charge is -2.37. The summed E-state index contributed by atoms with van der Waals surface area (Å²) >= 11 is 1.92. The molecule has 1 aromatic carbocycles. The predicted octanol–water partition coefficient (Wildman–Crippen LogP) is 2.81. The first-order valence-corrected chi connectivity index (χ1v) is 7.24. The molecule has 1 aliphatic carbocycles. The zero-order valence-corrected chi connectivity index (χ0v) is 12.7. The van der Waals surface area contributed by atoms with Crippen molar-refractivity contribution in [2.45, 2.75) is 19.3 Å². The predicted molar refractivity (Wildman–Crippen MR) is 80.1 cm³/mol. The van der Waals surface area contributed by atoms with Crippen LogP contribution in [0.4, 0.5) is 14.9 Å². The molecular formula is C13H14FIN2O3. The molecule has 3 N–H and O–H groups in total. The summed E-state index contributed by atoms with van der Waals surface area (Å²) in [5.41, 5.74) is -0.338. The summed E-state index contributed by atoms with van der Waals surface area (Å²) in [7, 11) is 0. The molecule has 0 radical (unpaired) electrons. The van der Waals surface area contributed by atoms with Crippen LogP contribution in [0, 0.1) is 14.8 Å². The van der Waals surface area contributed by atoms with Crippen molar-refractivity contribution in [3.05, 3.63) is 27.6 Å². The molecule has 2 amide bonds. The van der Waals surface area contributed by atoms with Crippen LogP contribution in [0.5, 0.6) is 0 Å². The fourth-order valence-electron chi connectivity index (χ4n) is 2.08. The highest BCUT2D eigenvalue weighted by Crippen LogP contribution is 2.40. The molecule has 1 saturated carbocycles. The summed E-state index contributed by atoms with van der Waals surface area (Å²) in [4.78, 5) is 22.9. The van der Waals surface area contributed by atoms with Crippen molar-refractivity contribution >= 4 is 40.3 Å². The molecule has 108 valence electrons. The van der Waals surface area contributed by atoms with Gasteiger partial charge in [-0.25, -0.2) is 9.18 Å². The van der Waals surface area contributed by atoms with E-state index in [0.717, 1.165) is 6.42 Å². The van der Waals surface area contributed by atoms with Crippen LogP contribution >= 0.6 is 22.6 Å². The molecule has 0 aromatic heterocycles. The quantitative estimate of drug-likeness (QED) is 0.690. The van der Waals surface area contributed by atoms with E-state index in [1.54, 1.807) is 0 Å². The maximum absolute atomic E-state index is 12.9. The van der Waals surface area contributed by atoms with Gasteiger partial charge in [-0.15, -0.1) is 0 Å². The van der Waals surface area contributed by atoms with Crippen LogP contribution in [0.1, 0.15) is 19.3 Å². The second-order valence-electron chi connectivity index (χ2n) is 4.87. The van der Waals surface area contributed by atoms with E-state index < -0.39 is 17.4 Å². The summed E-state index contributed by atoms with van der Waals surface area (Å²) in [6, 6.07) is 3.54. The van der Waals surface area contributed by atoms with Crippen LogP contribution in [0.15, 0.2) is 18.2 Å². The van der Waals surface area contributed by atoms with E-state index >= 15 is 0 Å². The summed E-state index contributed by atoms with van der Waals surface area (Å²) in [5, 5.41) is 14.3. The topological polar surface area (TPSA) is 78.4 Å². The number of nitrogens with one attached hydrogen (secondary N) is 2. The van der Waals surface area contributed by atoms with Gasteiger partial charge >= 0.3 is 12.0 Å². The number of halogens is 2. The Morgan fingerprint density at radius 2 is 2.10 bits per heavy atom. The van der Waals surface area contributed by atoms with Gasteiger partial charge in [0, 0.05) is 10.1 Å². The molecule has 0 aliphatic heterocycles. The minimum Gasteiger partial charge on any atom is -0.481 e. The van der Waals surface area contributed by atoms with Gasteiger partial charge in [-0.3, -0.25) is 4.79 Å². The first-order chi connectivity index (χ1) is 9.43. The molecule has 0 spiro atoms. The number of anilines is 1. The number of aliphatic carboxylic acids is 1. The largest absolute Gasteiger partial charge is 0.481 e. The third kappa shape index (κ3) is 3.20. The van der Waals surface area contributed by atoms with Crippen LogP contribution in [0.3, 0.4) is 0 Å². The number of hydrogen-bond donors (Lipinski definition) is 3. The van der Waals surface area contributed by atoms with Crippen molar-refractivity contribution in [1.82, 2.24) is 5.32 Å². The first-order valence-electron chi connectivity index (χ1n) is 6.16. The Bertz CT molecular complexity index is 546. The number of carbonyl (C=O) groups is 2.